The van der Waals surface area contributed by atoms with Gasteiger partial charge in [-0.15, -0.1) is 0 Å². The van der Waals surface area contributed by atoms with Gasteiger partial charge in [0.05, 0.1) is 46.9 Å². The lowest BCUT2D eigenvalue weighted by Gasteiger charge is -2.14. The van der Waals surface area contributed by atoms with Crippen LogP contribution in [0.2, 0.25) is 5.02 Å². The summed E-state index contributed by atoms with van der Waals surface area (Å²) in [4.78, 5) is 17.3. The highest BCUT2D eigenvalue weighted by molar-refractivity contribution is 6.33. The number of rotatable bonds is 6. The van der Waals surface area contributed by atoms with Crippen LogP contribution in [0, 0.1) is 0 Å². The van der Waals surface area contributed by atoms with Gasteiger partial charge in [-0.3, -0.25) is 9.63 Å². The number of fused-ring (bicyclic) bond motifs is 1. The van der Waals surface area contributed by atoms with E-state index in [4.69, 9.17) is 27.3 Å². The monoisotopic (exact) mass is 361 g/mol. The number of amides is 1. The van der Waals surface area contributed by atoms with E-state index in [2.05, 4.69) is 15.9 Å². The van der Waals surface area contributed by atoms with E-state index in [0.717, 1.165) is 5.52 Å². The van der Waals surface area contributed by atoms with Gasteiger partial charge in [-0.25, -0.2) is 10.00 Å². The number of aliphatic hydroxyl groups excluding tert-OH is 1. The third-order valence-corrected chi connectivity index (χ3v) is 3.71. The fraction of sp³-hybridized carbons (Fsp3) is 0.125. The van der Waals surface area contributed by atoms with E-state index in [1.54, 1.807) is 47.2 Å². The minimum Gasteiger partial charge on any atom is -0.399 e. The Morgan fingerprint density at radius 3 is 2.92 bits per heavy atom. The summed E-state index contributed by atoms with van der Waals surface area (Å²) < 4.78 is 1.62. The largest absolute Gasteiger partial charge is 0.399 e. The summed E-state index contributed by atoms with van der Waals surface area (Å²) in [5.74, 6) is -0.466. The van der Waals surface area contributed by atoms with Gasteiger partial charge in [0.25, 0.3) is 5.91 Å². The van der Waals surface area contributed by atoms with Gasteiger partial charge in [-0.2, -0.15) is 5.10 Å². The van der Waals surface area contributed by atoms with Gasteiger partial charge in [0, 0.05) is 11.9 Å². The molecule has 130 valence electrons. The Hall–Kier alpha value is -2.81. The number of anilines is 3. The van der Waals surface area contributed by atoms with Gasteiger partial charge >= 0.3 is 0 Å². The average molecular weight is 362 g/mol. The number of nitrogens with zero attached hydrogens (tertiary/aromatic N) is 2. The quantitative estimate of drug-likeness (QED) is 0.303. The normalized spacial score (nSPS) is 10.8. The van der Waals surface area contributed by atoms with Gasteiger partial charge in [0.1, 0.15) is 0 Å². The summed E-state index contributed by atoms with van der Waals surface area (Å²) in [5, 5.41) is 16.4. The fourth-order valence-electron chi connectivity index (χ4n) is 2.25. The molecule has 2 aromatic heterocycles. The number of aliphatic hydroxyl groups is 1. The van der Waals surface area contributed by atoms with Gasteiger partial charge < -0.3 is 16.2 Å². The van der Waals surface area contributed by atoms with Crippen molar-refractivity contribution >= 4 is 40.1 Å². The van der Waals surface area contributed by atoms with Crippen LogP contribution in [0.25, 0.3) is 5.52 Å². The number of nitrogens with one attached hydrogen (secondary N) is 2. The summed E-state index contributed by atoms with van der Waals surface area (Å²) in [7, 11) is 0. The molecule has 3 rings (SSSR count). The molecule has 1 amide bonds. The van der Waals surface area contributed by atoms with Crippen molar-refractivity contribution in [2.24, 2.45) is 0 Å². The Morgan fingerprint density at radius 2 is 2.16 bits per heavy atom. The van der Waals surface area contributed by atoms with Crippen LogP contribution in [0.1, 0.15) is 10.4 Å². The molecule has 0 aliphatic rings. The number of hydrogen-bond donors (Lipinski definition) is 4. The molecule has 8 nitrogen and oxygen atoms in total. The first-order valence-electron chi connectivity index (χ1n) is 7.41. The zero-order valence-electron chi connectivity index (χ0n) is 13.1. The molecule has 2 heterocycles. The number of nitrogen functional groups attached to an aromatic ring is 1. The second kappa shape index (κ2) is 7.39. The van der Waals surface area contributed by atoms with Crippen molar-refractivity contribution < 1.29 is 14.7 Å². The van der Waals surface area contributed by atoms with Crippen LogP contribution in [-0.4, -0.2) is 33.8 Å². The third-order valence-electron chi connectivity index (χ3n) is 3.40. The van der Waals surface area contributed by atoms with Crippen LogP contribution in [0.5, 0.6) is 0 Å². The van der Waals surface area contributed by atoms with Gasteiger partial charge in [-0.05, 0) is 30.3 Å². The van der Waals surface area contributed by atoms with E-state index in [-0.39, 0.29) is 13.2 Å². The molecule has 0 saturated heterocycles. The molecule has 5 N–H and O–H groups in total. The summed E-state index contributed by atoms with van der Waals surface area (Å²) in [6.07, 6.45) is 3.29. The number of hydroxylamine groups is 1. The van der Waals surface area contributed by atoms with Crippen molar-refractivity contribution in [3.8, 4) is 0 Å². The predicted molar refractivity (Wildman–Crippen MR) is 94.8 cm³/mol. The number of nitrogens with two attached hydrogens (primary N) is 1. The first-order valence-corrected chi connectivity index (χ1v) is 7.78. The molecule has 25 heavy (non-hydrogen) atoms. The summed E-state index contributed by atoms with van der Waals surface area (Å²) >= 11 is 6.19. The number of halogens is 1. The van der Waals surface area contributed by atoms with E-state index in [1.165, 1.54) is 0 Å². The summed E-state index contributed by atoms with van der Waals surface area (Å²) in [5.41, 5.74) is 10.7. The van der Waals surface area contributed by atoms with E-state index in [0.29, 0.717) is 27.6 Å². The highest BCUT2D eigenvalue weighted by Gasteiger charge is 2.15. The molecule has 0 fully saturated rings. The van der Waals surface area contributed by atoms with Crippen LogP contribution in [0.15, 0.2) is 42.7 Å². The van der Waals surface area contributed by atoms with Crippen LogP contribution in [-0.2, 0) is 4.84 Å². The zero-order chi connectivity index (χ0) is 17.8. The van der Waals surface area contributed by atoms with Gasteiger partial charge in [-0.1, -0.05) is 11.6 Å². The molecule has 1 aromatic carbocycles. The van der Waals surface area contributed by atoms with Gasteiger partial charge in [0.2, 0.25) is 0 Å². The van der Waals surface area contributed by atoms with Crippen molar-refractivity contribution in [2.75, 3.05) is 24.3 Å². The lowest BCUT2D eigenvalue weighted by atomic mass is 10.2. The second-order valence-electron chi connectivity index (χ2n) is 5.17. The minimum atomic E-state index is -0.466. The molecule has 0 unspecified atom stereocenters. The summed E-state index contributed by atoms with van der Waals surface area (Å²) in [6, 6.07) is 8.46. The first kappa shape index (κ1) is 17.0. The van der Waals surface area contributed by atoms with Crippen LogP contribution < -0.4 is 16.5 Å². The average Bonchev–Trinajstić information content (AvgIpc) is 3.04. The maximum absolute atomic E-state index is 12.4. The SMILES string of the molecule is Nc1ccc(Nc2cn3nccc3cc2C(=O)NOCCO)c(Cl)c1. The maximum atomic E-state index is 12.4. The fourth-order valence-corrected chi connectivity index (χ4v) is 2.48. The standard InChI is InChI=1S/C16H16ClN5O3/c17-13-7-10(18)1-2-14(13)20-15-9-22-11(3-4-19-22)8-12(15)16(24)21-25-6-5-23/h1-4,7-9,20,23H,5-6,18H2,(H,21,24). The molecule has 3 aromatic rings. The summed E-state index contributed by atoms with van der Waals surface area (Å²) in [6.45, 7) is -0.207. The van der Waals surface area contributed by atoms with Crippen LogP contribution in [0.4, 0.5) is 17.1 Å². The lowest BCUT2D eigenvalue weighted by molar-refractivity contribution is 0.0169. The van der Waals surface area contributed by atoms with Crippen molar-refractivity contribution in [2.45, 2.75) is 0 Å². The smallest absolute Gasteiger partial charge is 0.277 e. The molecular formula is C16H16ClN5O3. The first-order chi connectivity index (χ1) is 12.1. The van der Waals surface area contributed by atoms with Crippen LogP contribution >= 0.6 is 11.6 Å². The van der Waals surface area contributed by atoms with Crippen molar-refractivity contribution in [3.05, 3.63) is 53.3 Å². The number of aromatic nitrogens is 2. The van der Waals surface area contributed by atoms with E-state index in [9.17, 15) is 4.79 Å². The third kappa shape index (κ3) is 3.82. The van der Waals surface area contributed by atoms with Crippen molar-refractivity contribution in [3.63, 3.8) is 0 Å². The molecule has 0 saturated carbocycles. The second-order valence-corrected chi connectivity index (χ2v) is 5.58. The topological polar surface area (TPSA) is 114 Å². The Balaban J connectivity index is 1.96. The van der Waals surface area contributed by atoms with E-state index >= 15 is 0 Å². The molecule has 0 spiro atoms. The number of pyridine rings is 1. The minimum absolute atomic E-state index is 0.00673. The van der Waals surface area contributed by atoms with E-state index in [1.807, 2.05) is 0 Å². The number of hydrogen-bond acceptors (Lipinski definition) is 6. The molecule has 0 radical (unpaired) electrons. The van der Waals surface area contributed by atoms with Crippen molar-refractivity contribution in [1.29, 1.82) is 0 Å². The maximum Gasteiger partial charge on any atom is 0.277 e. The molecular weight excluding hydrogens is 346 g/mol. The lowest BCUT2D eigenvalue weighted by Crippen LogP contribution is -2.26. The molecule has 0 bridgehead atoms. The molecule has 0 atom stereocenters. The highest BCUT2D eigenvalue weighted by atomic mass is 35.5. The van der Waals surface area contributed by atoms with Gasteiger partial charge in [0.15, 0.2) is 0 Å². The molecule has 9 heteroatoms. The Morgan fingerprint density at radius 1 is 1.32 bits per heavy atom. The Kier molecular flexibility index (Phi) is 5.03. The molecule has 0 aliphatic carbocycles. The van der Waals surface area contributed by atoms with E-state index < -0.39 is 5.91 Å². The molecule has 0 aliphatic heterocycles. The number of carbonyl (C=O) groups excluding carboxylic acids is 1. The zero-order valence-corrected chi connectivity index (χ0v) is 13.8. The predicted octanol–water partition coefficient (Wildman–Crippen LogP) is 1.97. The van der Waals surface area contributed by atoms with Crippen molar-refractivity contribution in [1.82, 2.24) is 15.1 Å². The highest BCUT2D eigenvalue weighted by Crippen LogP contribution is 2.29. The number of carbonyl (C=O) groups is 1. The number of benzene rings is 1. The van der Waals surface area contributed by atoms with Crippen LogP contribution in [0.3, 0.4) is 0 Å². The Bertz CT molecular complexity index is 912. The Labute approximate surface area is 148 Å².